The molecule has 0 aromatic rings. The van der Waals surface area contributed by atoms with Crippen molar-refractivity contribution in [1.29, 1.82) is 0 Å². The van der Waals surface area contributed by atoms with Crippen molar-refractivity contribution in [3.8, 4) is 0 Å². The Morgan fingerprint density at radius 1 is 1.60 bits per heavy atom. The van der Waals surface area contributed by atoms with Crippen molar-refractivity contribution in [3.05, 3.63) is 6.92 Å². The fraction of sp³-hybridized carbons (Fsp3) is 0.889. The second-order valence-electron chi connectivity index (χ2n) is 3.49. The van der Waals surface area contributed by atoms with Crippen molar-refractivity contribution in [1.82, 2.24) is 5.32 Å². The van der Waals surface area contributed by atoms with Gasteiger partial charge in [0, 0.05) is 6.04 Å². The molecule has 0 saturated carbocycles. The highest BCUT2D eigenvalue weighted by molar-refractivity contribution is 4.74. The minimum Gasteiger partial charge on any atom is -0.314 e. The van der Waals surface area contributed by atoms with Crippen LogP contribution in [0.2, 0.25) is 0 Å². The van der Waals surface area contributed by atoms with Crippen LogP contribution < -0.4 is 5.32 Å². The zero-order valence-electron chi connectivity index (χ0n) is 6.90. The lowest BCUT2D eigenvalue weighted by molar-refractivity contribution is 0.358. The van der Waals surface area contributed by atoms with E-state index in [-0.39, 0.29) is 0 Å². The second-order valence-corrected chi connectivity index (χ2v) is 3.49. The van der Waals surface area contributed by atoms with Gasteiger partial charge in [-0.25, -0.2) is 0 Å². The quantitative estimate of drug-likeness (QED) is 0.618. The van der Waals surface area contributed by atoms with Gasteiger partial charge >= 0.3 is 0 Å². The molecule has 1 nitrogen and oxygen atoms in total. The molecule has 0 aliphatic carbocycles. The Balaban J connectivity index is 2.13. The van der Waals surface area contributed by atoms with Crippen LogP contribution in [0, 0.1) is 12.8 Å². The standard InChI is InChI=1S/C9H18N/c1-8(2)7-9-5-3-4-6-10-9/h8-10H,1,3-7H2,2H3. The first-order valence-electron chi connectivity index (χ1n) is 4.35. The third-order valence-electron chi connectivity index (χ3n) is 2.10. The van der Waals surface area contributed by atoms with E-state index >= 15 is 0 Å². The molecular formula is C9H18N. The van der Waals surface area contributed by atoms with E-state index in [4.69, 9.17) is 0 Å². The number of nitrogens with one attached hydrogen (secondary N) is 1. The molecule has 1 N–H and O–H groups in total. The van der Waals surface area contributed by atoms with Crippen molar-refractivity contribution < 1.29 is 0 Å². The highest BCUT2D eigenvalue weighted by Crippen LogP contribution is 2.13. The summed E-state index contributed by atoms with van der Waals surface area (Å²) in [4.78, 5) is 0. The third kappa shape index (κ3) is 2.70. The SMILES string of the molecule is [CH2]C(C)CC1CCCCN1. The second kappa shape index (κ2) is 3.97. The van der Waals surface area contributed by atoms with E-state index in [1.165, 1.54) is 32.2 Å². The molecule has 1 radical (unpaired) electrons. The molecule has 59 valence electrons. The monoisotopic (exact) mass is 140 g/mol. The molecule has 0 bridgehead atoms. The van der Waals surface area contributed by atoms with Gasteiger partial charge in [-0.15, -0.1) is 0 Å². The highest BCUT2D eigenvalue weighted by atomic mass is 14.9. The van der Waals surface area contributed by atoms with Crippen LogP contribution in [0.25, 0.3) is 0 Å². The Morgan fingerprint density at radius 3 is 2.90 bits per heavy atom. The van der Waals surface area contributed by atoms with Crippen molar-refractivity contribution in [2.45, 2.75) is 38.6 Å². The molecule has 1 saturated heterocycles. The largest absolute Gasteiger partial charge is 0.314 e. The first kappa shape index (κ1) is 8.06. The lowest BCUT2D eigenvalue weighted by Crippen LogP contribution is -2.34. The maximum atomic E-state index is 3.99. The molecule has 1 heteroatoms. The lowest BCUT2D eigenvalue weighted by Gasteiger charge is -2.24. The summed E-state index contributed by atoms with van der Waals surface area (Å²) in [5, 5.41) is 3.51. The summed E-state index contributed by atoms with van der Waals surface area (Å²) in [5.41, 5.74) is 0. The molecule has 1 heterocycles. The summed E-state index contributed by atoms with van der Waals surface area (Å²) >= 11 is 0. The first-order valence-corrected chi connectivity index (χ1v) is 4.35. The van der Waals surface area contributed by atoms with Gasteiger partial charge in [0.15, 0.2) is 0 Å². The van der Waals surface area contributed by atoms with Gasteiger partial charge in [0.25, 0.3) is 0 Å². The molecule has 1 rings (SSSR count). The van der Waals surface area contributed by atoms with Crippen molar-refractivity contribution in [3.63, 3.8) is 0 Å². The average molecular weight is 140 g/mol. The van der Waals surface area contributed by atoms with Crippen LogP contribution in [-0.2, 0) is 0 Å². The lowest BCUT2D eigenvalue weighted by atomic mass is 9.96. The van der Waals surface area contributed by atoms with E-state index in [0.29, 0.717) is 5.92 Å². The summed E-state index contributed by atoms with van der Waals surface area (Å²) in [6, 6.07) is 0.765. The van der Waals surface area contributed by atoms with Crippen LogP contribution in [0.3, 0.4) is 0 Å². The summed E-state index contributed by atoms with van der Waals surface area (Å²) in [6.45, 7) is 7.40. The van der Waals surface area contributed by atoms with Gasteiger partial charge in [0.2, 0.25) is 0 Å². The average Bonchev–Trinajstić information content (AvgIpc) is 1.88. The summed E-state index contributed by atoms with van der Waals surface area (Å²) in [5.74, 6) is 0.607. The fourth-order valence-electron chi connectivity index (χ4n) is 1.61. The number of hydrogen-bond acceptors (Lipinski definition) is 1. The highest BCUT2D eigenvalue weighted by Gasteiger charge is 2.12. The maximum absolute atomic E-state index is 3.99. The molecule has 1 fully saturated rings. The van der Waals surface area contributed by atoms with Crippen LogP contribution in [0.15, 0.2) is 0 Å². The minimum absolute atomic E-state index is 0.607. The fourth-order valence-corrected chi connectivity index (χ4v) is 1.61. The smallest absolute Gasteiger partial charge is 0.00696 e. The number of hydrogen-bond donors (Lipinski definition) is 1. The van der Waals surface area contributed by atoms with Gasteiger partial charge < -0.3 is 5.32 Å². The van der Waals surface area contributed by atoms with Gasteiger partial charge in [-0.1, -0.05) is 20.3 Å². The van der Waals surface area contributed by atoms with E-state index in [9.17, 15) is 0 Å². The minimum atomic E-state index is 0.607. The van der Waals surface area contributed by atoms with Gasteiger partial charge in [-0.05, 0) is 31.7 Å². The molecule has 0 aromatic carbocycles. The summed E-state index contributed by atoms with van der Waals surface area (Å²) in [6.07, 6.45) is 5.38. The van der Waals surface area contributed by atoms with Crippen LogP contribution in [0.4, 0.5) is 0 Å². The van der Waals surface area contributed by atoms with Gasteiger partial charge in [-0.3, -0.25) is 0 Å². The predicted molar refractivity (Wildman–Crippen MR) is 44.8 cm³/mol. The van der Waals surface area contributed by atoms with Crippen LogP contribution in [0.5, 0.6) is 0 Å². The maximum Gasteiger partial charge on any atom is 0.00696 e. The van der Waals surface area contributed by atoms with E-state index in [1.54, 1.807) is 0 Å². The van der Waals surface area contributed by atoms with E-state index in [1.807, 2.05) is 0 Å². The zero-order valence-corrected chi connectivity index (χ0v) is 6.90. The molecule has 1 aliphatic rings. The molecule has 1 aliphatic heterocycles. The van der Waals surface area contributed by atoms with Crippen LogP contribution in [0.1, 0.15) is 32.6 Å². The molecule has 2 unspecified atom stereocenters. The van der Waals surface area contributed by atoms with Crippen LogP contribution in [-0.4, -0.2) is 12.6 Å². The Kier molecular flexibility index (Phi) is 3.20. The van der Waals surface area contributed by atoms with Gasteiger partial charge in [-0.2, -0.15) is 0 Å². The van der Waals surface area contributed by atoms with E-state index in [2.05, 4.69) is 19.2 Å². The normalized spacial score (nSPS) is 27.3. The molecule has 10 heavy (non-hydrogen) atoms. The number of rotatable bonds is 2. The van der Waals surface area contributed by atoms with Gasteiger partial charge in [0.1, 0.15) is 0 Å². The third-order valence-corrected chi connectivity index (χ3v) is 2.10. The Labute approximate surface area is 64.2 Å². The van der Waals surface area contributed by atoms with Crippen molar-refractivity contribution in [2.75, 3.05) is 6.54 Å². The molecule has 2 atom stereocenters. The molecule has 0 amide bonds. The van der Waals surface area contributed by atoms with Gasteiger partial charge in [0.05, 0.1) is 0 Å². The molecule has 0 aromatic heterocycles. The molecular weight excluding hydrogens is 122 g/mol. The van der Waals surface area contributed by atoms with E-state index < -0.39 is 0 Å². The van der Waals surface area contributed by atoms with Crippen molar-refractivity contribution >= 4 is 0 Å². The number of piperidine rings is 1. The Bertz CT molecular complexity index is 82.7. The molecule has 0 spiro atoms. The Hall–Kier alpha value is -0.0400. The Morgan fingerprint density at radius 2 is 2.40 bits per heavy atom. The van der Waals surface area contributed by atoms with E-state index in [0.717, 1.165) is 6.04 Å². The zero-order chi connectivity index (χ0) is 7.40. The summed E-state index contributed by atoms with van der Waals surface area (Å²) < 4.78 is 0. The predicted octanol–water partition coefficient (Wildman–Crippen LogP) is 1.99. The van der Waals surface area contributed by atoms with Crippen LogP contribution >= 0.6 is 0 Å². The summed E-state index contributed by atoms with van der Waals surface area (Å²) in [7, 11) is 0. The first-order chi connectivity index (χ1) is 4.79. The topological polar surface area (TPSA) is 12.0 Å². The van der Waals surface area contributed by atoms with Crippen molar-refractivity contribution in [2.24, 2.45) is 5.92 Å².